The van der Waals surface area contributed by atoms with Gasteiger partial charge in [-0.25, -0.2) is 0 Å². The van der Waals surface area contributed by atoms with Crippen LogP contribution in [0, 0.1) is 5.41 Å². The van der Waals surface area contributed by atoms with Gasteiger partial charge in [0.1, 0.15) is 5.60 Å². The van der Waals surface area contributed by atoms with Gasteiger partial charge in [0.05, 0.1) is 12.5 Å². The van der Waals surface area contributed by atoms with Gasteiger partial charge >= 0.3 is 5.97 Å². The Hall–Kier alpha value is -2.13. The first-order chi connectivity index (χ1) is 9.94. The van der Waals surface area contributed by atoms with Gasteiger partial charge < -0.3 is 9.84 Å². The average Bonchev–Trinajstić information content (AvgIpc) is 2.54. The minimum atomic E-state index is -1.47. The van der Waals surface area contributed by atoms with Crippen LogP contribution in [-0.2, 0) is 15.1 Å². The fraction of sp³-hybridized carbons (Fsp3) is 0.278. The van der Waals surface area contributed by atoms with Gasteiger partial charge in [0.15, 0.2) is 0 Å². The maximum absolute atomic E-state index is 12.2. The predicted octanol–water partition coefficient (Wildman–Crippen LogP) is 3.12. The summed E-state index contributed by atoms with van der Waals surface area (Å²) in [5.41, 5.74) is -1.29. The van der Waals surface area contributed by atoms with Crippen molar-refractivity contribution in [1.82, 2.24) is 0 Å². The molecule has 0 atom stereocenters. The van der Waals surface area contributed by atoms with E-state index in [9.17, 15) is 9.90 Å². The lowest BCUT2D eigenvalue weighted by Crippen LogP contribution is -2.48. The molecule has 0 unspecified atom stereocenters. The zero-order chi connectivity index (χ0) is 15.5. The lowest BCUT2D eigenvalue weighted by Gasteiger charge is -2.41. The van der Waals surface area contributed by atoms with Crippen LogP contribution >= 0.6 is 0 Å². The first-order valence-corrected chi connectivity index (χ1v) is 6.86. The van der Waals surface area contributed by atoms with E-state index in [1.54, 1.807) is 13.8 Å². The van der Waals surface area contributed by atoms with Gasteiger partial charge in [0.25, 0.3) is 0 Å². The van der Waals surface area contributed by atoms with Gasteiger partial charge in [0.2, 0.25) is 0 Å². The summed E-state index contributed by atoms with van der Waals surface area (Å²) in [6, 6.07) is 18.4. The molecule has 2 aromatic carbocycles. The third kappa shape index (κ3) is 2.45. The number of hydrogen-bond donors (Lipinski definition) is 1. The third-order valence-electron chi connectivity index (χ3n) is 3.98. The standard InChI is InChI=1S/C18H20O3/c1-17(2,16(19)21-3)18(20,14-10-6-4-7-11-14)15-12-8-5-9-13-15/h4-13,20H,1-3H3. The number of carbonyl (C=O) groups excluding carboxylic acids is 1. The van der Waals surface area contributed by atoms with Crippen LogP contribution in [0.15, 0.2) is 60.7 Å². The molecule has 0 saturated carbocycles. The molecule has 0 spiro atoms. The van der Waals surface area contributed by atoms with Gasteiger partial charge in [-0.1, -0.05) is 60.7 Å². The minimum Gasteiger partial charge on any atom is -0.469 e. The number of methoxy groups -OCH3 is 1. The Labute approximate surface area is 125 Å². The molecule has 1 N–H and O–H groups in total. The molecule has 0 aliphatic carbocycles. The molecule has 3 heteroatoms. The summed E-state index contributed by atoms with van der Waals surface area (Å²) in [6.07, 6.45) is 0. The Kier molecular flexibility index (Phi) is 4.14. The summed E-state index contributed by atoms with van der Waals surface area (Å²) in [5.74, 6) is -0.460. The topological polar surface area (TPSA) is 46.5 Å². The summed E-state index contributed by atoms with van der Waals surface area (Å²) in [7, 11) is 1.33. The molecule has 110 valence electrons. The van der Waals surface area contributed by atoms with Crippen molar-refractivity contribution in [3.8, 4) is 0 Å². The van der Waals surface area contributed by atoms with Crippen molar-refractivity contribution in [2.75, 3.05) is 7.11 Å². The van der Waals surface area contributed by atoms with E-state index in [0.717, 1.165) is 0 Å². The highest BCUT2D eigenvalue weighted by Crippen LogP contribution is 2.45. The highest BCUT2D eigenvalue weighted by Gasteiger charge is 2.52. The molecule has 2 aromatic rings. The number of carbonyl (C=O) groups is 1. The smallest absolute Gasteiger partial charge is 0.314 e. The Balaban J connectivity index is 2.69. The van der Waals surface area contributed by atoms with E-state index in [-0.39, 0.29) is 0 Å². The first-order valence-electron chi connectivity index (χ1n) is 6.86. The Morgan fingerprint density at radius 3 is 1.62 bits per heavy atom. The SMILES string of the molecule is COC(=O)C(C)(C)C(O)(c1ccccc1)c1ccccc1. The number of esters is 1. The van der Waals surface area contributed by atoms with Gasteiger partial charge in [0, 0.05) is 0 Å². The molecule has 0 aromatic heterocycles. The highest BCUT2D eigenvalue weighted by molar-refractivity contribution is 5.79. The quantitative estimate of drug-likeness (QED) is 0.877. The largest absolute Gasteiger partial charge is 0.469 e. The normalized spacial score (nSPS) is 12.0. The van der Waals surface area contributed by atoms with Gasteiger partial charge in [-0.2, -0.15) is 0 Å². The van der Waals surface area contributed by atoms with Gasteiger partial charge in [-0.3, -0.25) is 4.79 Å². The lowest BCUT2D eigenvalue weighted by molar-refractivity contribution is -0.165. The summed E-state index contributed by atoms with van der Waals surface area (Å²) in [6.45, 7) is 3.39. The van der Waals surface area contributed by atoms with Crippen LogP contribution < -0.4 is 0 Å². The Morgan fingerprint density at radius 2 is 1.29 bits per heavy atom. The second-order valence-electron chi connectivity index (χ2n) is 5.56. The number of rotatable bonds is 4. The molecule has 0 amide bonds. The van der Waals surface area contributed by atoms with Gasteiger partial charge in [-0.05, 0) is 25.0 Å². The third-order valence-corrected chi connectivity index (χ3v) is 3.98. The Bertz CT molecular complexity index is 563. The maximum Gasteiger partial charge on any atom is 0.314 e. The molecule has 0 fully saturated rings. The van der Waals surface area contributed by atoms with Crippen LogP contribution in [0.5, 0.6) is 0 Å². The molecule has 0 saturated heterocycles. The monoisotopic (exact) mass is 284 g/mol. The fourth-order valence-electron chi connectivity index (χ4n) is 2.65. The van der Waals surface area contributed by atoms with Crippen molar-refractivity contribution in [2.24, 2.45) is 5.41 Å². The van der Waals surface area contributed by atoms with Crippen molar-refractivity contribution in [3.63, 3.8) is 0 Å². The van der Waals surface area contributed by atoms with Crippen LogP contribution in [0.25, 0.3) is 0 Å². The number of benzene rings is 2. The molecule has 0 aliphatic heterocycles. The summed E-state index contributed by atoms with van der Waals surface area (Å²) in [4.78, 5) is 12.2. The molecule has 21 heavy (non-hydrogen) atoms. The molecule has 2 rings (SSSR count). The van der Waals surface area contributed by atoms with E-state index >= 15 is 0 Å². The van der Waals surface area contributed by atoms with Crippen molar-refractivity contribution in [3.05, 3.63) is 71.8 Å². The lowest BCUT2D eigenvalue weighted by atomic mass is 9.67. The van der Waals surface area contributed by atoms with E-state index in [0.29, 0.717) is 11.1 Å². The second kappa shape index (κ2) is 5.70. The highest BCUT2D eigenvalue weighted by atomic mass is 16.5. The van der Waals surface area contributed by atoms with E-state index in [1.165, 1.54) is 7.11 Å². The van der Waals surface area contributed by atoms with Crippen LogP contribution in [0.2, 0.25) is 0 Å². The zero-order valence-electron chi connectivity index (χ0n) is 12.5. The predicted molar refractivity (Wildman–Crippen MR) is 81.7 cm³/mol. The number of ether oxygens (including phenoxy) is 1. The summed E-state index contributed by atoms with van der Waals surface area (Å²) >= 11 is 0. The minimum absolute atomic E-state index is 0.460. The average molecular weight is 284 g/mol. The van der Waals surface area contributed by atoms with E-state index in [4.69, 9.17) is 4.74 Å². The van der Waals surface area contributed by atoms with Gasteiger partial charge in [-0.15, -0.1) is 0 Å². The Morgan fingerprint density at radius 1 is 0.905 bits per heavy atom. The van der Waals surface area contributed by atoms with E-state index in [2.05, 4.69) is 0 Å². The van der Waals surface area contributed by atoms with Crippen LogP contribution in [0.3, 0.4) is 0 Å². The van der Waals surface area contributed by atoms with Crippen molar-refractivity contribution in [1.29, 1.82) is 0 Å². The summed E-state index contributed by atoms with van der Waals surface area (Å²) < 4.78 is 4.91. The molecule has 0 radical (unpaired) electrons. The molecular weight excluding hydrogens is 264 g/mol. The maximum atomic E-state index is 12.2. The van der Waals surface area contributed by atoms with E-state index < -0.39 is 17.0 Å². The first kappa shape index (κ1) is 15.3. The molecule has 0 aliphatic rings. The van der Waals surface area contributed by atoms with Crippen molar-refractivity contribution in [2.45, 2.75) is 19.4 Å². The molecular formula is C18H20O3. The van der Waals surface area contributed by atoms with E-state index in [1.807, 2.05) is 60.7 Å². The van der Waals surface area contributed by atoms with Crippen LogP contribution in [-0.4, -0.2) is 18.2 Å². The molecule has 0 heterocycles. The molecule has 3 nitrogen and oxygen atoms in total. The molecule has 0 bridgehead atoms. The fourth-order valence-corrected chi connectivity index (χ4v) is 2.65. The summed E-state index contributed by atoms with van der Waals surface area (Å²) in [5, 5.41) is 11.5. The number of aliphatic hydroxyl groups is 1. The number of hydrogen-bond acceptors (Lipinski definition) is 3. The zero-order valence-corrected chi connectivity index (χ0v) is 12.5. The van der Waals surface area contributed by atoms with Crippen molar-refractivity contribution >= 4 is 5.97 Å². The second-order valence-corrected chi connectivity index (χ2v) is 5.56. The van der Waals surface area contributed by atoms with Crippen LogP contribution in [0.1, 0.15) is 25.0 Å². The van der Waals surface area contributed by atoms with Crippen LogP contribution in [0.4, 0.5) is 0 Å². The van der Waals surface area contributed by atoms with Crippen molar-refractivity contribution < 1.29 is 14.6 Å².